The fourth-order valence-electron chi connectivity index (χ4n) is 3.21. The molecule has 0 radical (unpaired) electrons. The maximum Gasteiger partial charge on any atom is 0.243 e. The van der Waals surface area contributed by atoms with E-state index in [1.807, 2.05) is 0 Å². The van der Waals surface area contributed by atoms with E-state index in [0.717, 1.165) is 6.07 Å². The molecule has 1 aliphatic rings. The van der Waals surface area contributed by atoms with E-state index < -0.39 is 33.6 Å². The summed E-state index contributed by atoms with van der Waals surface area (Å²) in [6, 6.07) is 11.8. The van der Waals surface area contributed by atoms with Crippen molar-refractivity contribution in [2.75, 3.05) is 25.0 Å². The lowest BCUT2D eigenvalue weighted by atomic mass is 9.99. The van der Waals surface area contributed by atoms with Gasteiger partial charge in [-0.25, -0.2) is 12.8 Å². The summed E-state index contributed by atoms with van der Waals surface area (Å²) in [5.74, 6) is -2.05. The summed E-state index contributed by atoms with van der Waals surface area (Å²) in [5.41, 5.74) is 0.304. The van der Waals surface area contributed by atoms with Crippen LogP contribution in [0.1, 0.15) is 12.8 Å². The van der Waals surface area contributed by atoms with E-state index in [9.17, 15) is 22.4 Å². The highest BCUT2D eigenvalue weighted by atomic mass is 35.5. The normalized spacial score (nSPS) is 17.3. The third-order valence-electron chi connectivity index (χ3n) is 4.76. The lowest BCUT2D eigenvalue weighted by Gasteiger charge is -2.31. The van der Waals surface area contributed by atoms with Crippen molar-refractivity contribution in [3.05, 3.63) is 59.4 Å². The van der Waals surface area contributed by atoms with Gasteiger partial charge < -0.3 is 10.6 Å². The van der Waals surface area contributed by atoms with Crippen LogP contribution in [0.15, 0.2) is 53.4 Å². The van der Waals surface area contributed by atoms with Crippen LogP contribution in [-0.2, 0) is 19.6 Å². The Kier molecular flexibility index (Phi) is 7.06. The largest absolute Gasteiger partial charge is 0.347 e. The van der Waals surface area contributed by atoms with Crippen molar-refractivity contribution in [2.45, 2.75) is 17.7 Å². The van der Waals surface area contributed by atoms with Gasteiger partial charge in [0.05, 0.1) is 22.4 Å². The maximum atomic E-state index is 13.2. The van der Waals surface area contributed by atoms with Crippen LogP contribution in [0.5, 0.6) is 0 Å². The highest BCUT2D eigenvalue weighted by Crippen LogP contribution is 2.24. The number of hydrogen-bond donors (Lipinski definition) is 2. The topological polar surface area (TPSA) is 95.6 Å². The summed E-state index contributed by atoms with van der Waals surface area (Å²) >= 11 is 5.67. The zero-order valence-electron chi connectivity index (χ0n) is 16.0. The molecule has 2 aromatic carbocycles. The molecule has 7 nitrogen and oxygen atoms in total. The summed E-state index contributed by atoms with van der Waals surface area (Å²) in [7, 11) is -3.68. The smallest absolute Gasteiger partial charge is 0.243 e. The second-order valence-electron chi connectivity index (χ2n) is 6.91. The van der Waals surface area contributed by atoms with Crippen LogP contribution < -0.4 is 10.6 Å². The molecule has 0 aliphatic carbocycles. The molecule has 30 heavy (non-hydrogen) atoms. The first kappa shape index (κ1) is 22.2. The van der Waals surface area contributed by atoms with Crippen molar-refractivity contribution in [3.8, 4) is 0 Å². The van der Waals surface area contributed by atoms with Gasteiger partial charge in [0, 0.05) is 18.8 Å². The van der Waals surface area contributed by atoms with Crippen LogP contribution in [0, 0.1) is 11.7 Å². The Morgan fingerprint density at radius 2 is 1.90 bits per heavy atom. The Hall–Kier alpha value is -2.49. The first-order valence-corrected chi connectivity index (χ1v) is 11.2. The first-order chi connectivity index (χ1) is 14.3. The molecule has 2 N–H and O–H groups in total. The number of nitrogens with one attached hydrogen (secondary N) is 2. The molecule has 0 spiro atoms. The number of sulfonamides is 1. The molecule has 0 unspecified atom stereocenters. The average molecular weight is 454 g/mol. The van der Waals surface area contributed by atoms with E-state index >= 15 is 0 Å². The second kappa shape index (κ2) is 9.55. The van der Waals surface area contributed by atoms with Gasteiger partial charge in [-0.05, 0) is 43.2 Å². The number of halogens is 2. The van der Waals surface area contributed by atoms with Crippen molar-refractivity contribution in [1.82, 2.24) is 9.62 Å². The van der Waals surface area contributed by atoms with Crippen molar-refractivity contribution in [1.29, 1.82) is 0 Å². The van der Waals surface area contributed by atoms with E-state index in [4.69, 9.17) is 11.6 Å². The number of hydrogen-bond acceptors (Lipinski definition) is 4. The predicted octanol–water partition coefficient (Wildman–Crippen LogP) is 2.63. The molecule has 1 atom stereocenters. The van der Waals surface area contributed by atoms with Crippen molar-refractivity contribution in [2.24, 2.45) is 5.92 Å². The van der Waals surface area contributed by atoms with E-state index in [-0.39, 0.29) is 23.0 Å². The second-order valence-corrected chi connectivity index (χ2v) is 9.26. The molecule has 0 aromatic heterocycles. The standard InChI is InChI=1S/C20H21ClFN3O4S/c21-17-11-15(8-9-18(17)22)24-19(26)12-23-20(27)14-5-4-10-25(13-14)30(28,29)16-6-2-1-3-7-16/h1-3,6-9,11,14H,4-5,10,12-13H2,(H,23,27)(H,24,26)/t14-/m1/s1. The van der Waals surface area contributed by atoms with Gasteiger partial charge >= 0.3 is 0 Å². The summed E-state index contributed by atoms with van der Waals surface area (Å²) in [6.07, 6.45) is 1.08. The molecule has 2 aromatic rings. The molecule has 2 amide bonds. The van der Waals surface area contributed by atoms with Crippen molar-refractivity contribution < 1.29 is 22.4 Å². The SMILES string of the molecule is O=C(CNC(=O)[C@@H]1CCCN(S(=O)(=O)c2ccccc2)C1)Nc1ccc(F)c(Cl)c1. The van der Waals surface area contributed by atoms with E-state index in [1.54, 1.807) is 18.2 Å². The Morgan fingerprint density at radius 3 is 2.60 bits per heavy atom. The lowest BCUT2D eigenvalue weighted by molar-refractivity contribution is -0.128. The van der Waals surface area contributed by atoms with Gasteiger partial charge in [-0.2, -0.15) is 4.31 Å². The number of rotatable bonds is 6. The average Bonchev–Trinajstić information content (AvgIpc) is 2.75. The minimum atomic E-state index is -3.68. The van der Waals surface area contributed by atoms with Gasteiger partial charge in [0.1, 0.15) is 5.82 Å². The van der Waals surface area contributed by atoms with Crippen LogP contribution in [0.2, 0.25) is 5.02 Å². The highest BCUT2D eigenvalue weighted by Gasteiger charge is 2.33. The minimum Gasteiger partial charge on any atom is -0.347 e. The van der Waals surface area contributed by atoms with Gasteiger partial charge in [-0.15, -0.1) is 0 Å². The van der Waals surface area contributed by atoms with Crippen LogP contribution in [0.25, 0.3) is 0 Å². The Balaban J connectivity index is 1.55. The Morgan fingerprint density at radius 1 is 1.17 bits per heavy atom. The Labute approximate surface area is 179 Å². The summed E-state index contributed by atoms with van der Waals surface area (Å²) in [5, 5.41) is 4.92. The third-order valence-corrected chi connectivity index (χ3v) is 6.93. The number of carbonyl (C=O) groups excluding carboxylic acids is 2. The van der Waals surface area contributed by atoms with E-state index in [2.05, 4.69) is 10.6 Å². The van der Waals surface area contributed by atoms with Crippen LogP contribution in [0.4, 0.5) is 10.1 Å². The highest BCUT2D eigenvalue weighted by molar-refractivity contribution is 7.89. The van der Waals surface area contributed by atoms with Gasteiger partial charge in [0.25, 0.3) is 0 Å². The maximum absolute atomic E-state index is 13.2. The third kappa shape index (κ3) is 5.35. The molecule has 160 valence electrons. The number of piperidine rings is 1. The quantitative estimate of drug-likeness (QED) is 0.702. The van der Waals surface area contributed by atoms with Gasteiger partial charge in [-0.3, -0.25) is 9.59 Å². The number of carbonyl (C=O) groups is 2. The van der Waals surface area contributed by atoms with Crippen LogP contribution in [-0.4, -0.2) is 44.2 Å². The van der Waals surface area contributed by atoms with E-state index in [0.29, 0.717) is 25.1 Å². The fraction of sp³-hybridized carbons (Fsp3) is 0.300. The number of benzene rings is 2. The minimum absolute atomic E-state index is 0.0538. The molecule has 3 rings (SSSR count). The summed E-state index contributed by atoms with van der Waals surface area (Å²) in [4.78, 5) is 24.7. The molecule has 1 fully saturated rings. The van der Waals surface area contributed by atoms with Crippen LogP contribution >= 0.6 is 11.6 Å². The Bertz CT molecular complexity index is 1030. The fourth-order valence-corrected chi connectivity index (χ4v) is 4.93. The lowest BCUT2D eigenvalue weighted by Crippen LogP contribution is -2.46. The molecule has 1 saturated heterocycles. The zero-order chi connectivity index (χ0) is 21.7. The molecule has 0 bridgehead atoms. The van der Waals surface area contributed by atoms with Crippen molar-refractivity contribution >= 4 is 39.1 Å². The van der Waals surface area contributed by atoms with Gasteiger partial charge in [0.2, 0.25) is 21.8 Å². The number of nitrogens with zero attached hydrogens (tertiary/aromatic N) is 1. The monoisotopic (exact) mass is 453 g/mol. The molecule has 0 saturated carbocycles. The summed E-state index contributed by atoms with van der Waals surface area (Å²) in [6.45, 7) is 0.0980. The molecular formula is C20H21ClFN3O4S. The molecular weight excluding hydrogens is 433 g/mol. The van der Waals surface area contributed by atoms with Gasteiger partial charge in [-0.1, -0.05) is 29.8 Å². The number of anilines is 1. The van der Waals surface area contributed by atoms with Crippen LogP contribution in [0.3, 0.4) is 0 Å². The molecule has 10 heteroatoms. The first-order valence-electron chi connectivity index (χ1n) is 9.35. The zero-order valence-corrected chi connectivity index (χ0v) is 17.5. The molecule has 1 aliphatic heterocycles. The predicted molar refractivity (Wildman–Crippen MR) is 111 cm³/mol. The summed E-state index contributed by atoms with van der Waals surface area (Å²) < 4.78 is 40.0. The van der Waals surface area contributed by atoms with E-state index in [1.165, 1.54) is 28.6 Å². The molecule has 1 heterocycles. The number of amides is 2. The van der Waals surface area contributed by atoms with Gasteiger partial charge in [0.15, 0.2) is 0 Å². The van der Waals surface area contributed by atoms with Crippen molar-refractivity contribution in [3.63, 3.8) is 0 Å².